The summed E-state index contributed by atoms with van der Waals surface area (Å²) in [7, 11) is 0. The van der Waals surface area contributed by atoms with Crippen LogP contribution in [0.5, 0.6) is 0 Å². The van der Waals surface area contributed by atoms with Gasteiger partial charge in [0.05, 0.1) is 0 Å². The molecule has 0 atom stereocenters. The molecule has 0 unspecified atom stereocenters. The lowest BCUT2D eigenvalue weighted by molar-refractivity contribution is 0.856. The van der Waals surface area contributed by atoms with E-state index in [-0.39, 0.29) is 14.9 Å². The van der Waals surface area contributed by atoms with E-state index in [0.29, 0.717) is 11.8 Å². The number of hydrogen-bond donors (Lipinski definition) is 0. The molecule has 0 radical (unpaired) electrons. The molecule has 0 saturated heterocycles. The molecule has 0 aliphatic carbocycles. The molecular formula is C24H42. The van der Waals surface area contributed by atoms with Gasteiger partial charge in [0, 0.05) is 0 Å². The molecule has 2 aromatic rings. The number of rotatable bonds is 2. The van der Waals surface area contributed by atoms with Crippen LogP contribution < -0.4 is 0 Å². The maximum Gasteiger partial charge on any atom is -0.0216 e. The van der Waals surface area contributed by atoms with Gasteiger partial charge in [0.2, 0.25) is 0 Å². The minimum Gasteiger partial charge on any atom is -0.0776 e. The van der Waals surface area contributed by atoms with Gasteiger partial charge in [0.1, 0.15) is 0 Å². The summed E-state index contributed by atoms with van der Waals surface area (Å²) in [6.45, 7) is 17.2. The van der Waals surface area contributed by atoms with Crippen LogP contribution in [0.25, 0.3) is 0 Å². The van der Waals surface area contributed by atoms with Crippen LogP contribution in [0.15, 0.2) is 48.5 Å². The van der Waals surface area contributed by atoms with Crippen LogP contribution in [0, 0.1) is 13.8 Å². The maximum absolute atomic E-state index is 2.22. The third-order valence-corrected chi connectivity index (χ3v) is 3.62. The molecule has 138 valence electrons. The average Bonchev–Trinajstić information content (AvgIpc) is 2.50. The summed E-state index contributed by atoms with van der Waals surface area (Å²) in [5.41, 5.74) is 5.72. The molecule has 24 heavy (non-hydrogen) atoms. The van der Waals surface area contributed by atoms with Gasteiger partial charge < -0.3 is 0 Å². The molecule has 0 saturated carbocycles. The van der Waals surface area contributed by atoms with Gasteiger partial charge in [-0.05, 0) is 47.9 Å². The summed E-state index contributed by atoms with van der Waals surface area (Å²) < 4.78 is 0. The molecule has 0 bridgehead atoms. The molecule has 0 spiro atoms. The van der Waals surface area contributed by atoms with E-state index in [9.17, 15) is 0 Å². The fraction of sp³-hybridized carbons (Fsp3) is 0.500. The monoisotopic (exact) mass is 330 g/mol. The van der Waals surface area contributed by atoms with Gasteiger partial charge in [-0.3, -0.25) is 0 Å². The SMILES string of the molecule is C.C.CC.Cc1ccccc1C(C)C.Cc1ccccc1C(C)C. The number of benzene rings is 2. The second-order valence-electron chi connectivity index (χ2n) is 6.02. The van der Waals surface area contributed by atoms with Crippen molar-refractivity contribution in [3.8, 4) is 0 Å². The Bertz CT molecular complexity index is 472. The van der Waals surface area contributed by atoms with Crippen LogP contribution >= 0.6 is 0 Å². The lowest BCUT2D eigenvalue weighted by Crippen LogP contribution is -1.89. The molecule has 0 aliphatic heterocycles. The van der Waals surface area contributed by atoms with Gasteiger partial charge in [-0.2, -0.15) is 0 Å². The minimum absolute atomic E-state index is 0. The maximum atomic E-state index is 2.22. The second-order valence-corrected chi connectivity index (χ2v) is 6.02. The van der Waals surface area contributed by atoms with Crippen molar-refractivity contribution in [2.24, 2.45) is 0 Å². The van der Waals surface area contributed by atoms with E-state index < -0.39 is 0 Å². The van der Waals surface area contributed by atoms with Gasteiger partial charge in [-0.25, -0.2) is 0 Å². The molecule has 2 rings (SSSR count). The van der Waals surface area contributed by atoms with Gasteiger partial charge >= 0.3 is 0 Å². The summed E-state index contributed by atoms with van der Waals surface area (Å²) in [5, 5.41) is 0. The molecule has 0 aromatic heterocycles. The quantitative estimate of drug-likeness (QED) is 0.517. The fourth-order valence-electron chi connectivity index (χ4n) is 2.47. The first-order valence-corrected chi connectivity index (χ1v) is 8.54. The zero-order valence-electron chi connectivity index (χ0n) is 15.8. The highest BCUT2D eigenvalue weighted by Gasteiger charge is 2.00. The Morgan fingerprint density at radius 2 is 0.792 bits per heavy atom. The van der Waals surface area contributed by atoms with E-state index in [2.05, 4.69) is 90.1 Å². The van der Waals surface area contributed by atoms with E-state index in [1.54, 1.807) is 0 Å². The van der Waals surface area contributed by atoms with E-state index in [1.165, 1.54) is 22.3 Å². The van der Waals surface area contributed by atoms with Crippen molar-refractivity contribution >= 4 is 0 Å². The Hall–Kier alpha value is -1.56. The predicted octanol–water partition coefficient (Wildman–Crippen LogP) is 8.54. The second kappa shape index (κ2) is 15.0. The van der Waals surface area contributed by atoms with Crippen LogP contribution in [-0.4, -0.2) is 0 Å². The van der Waals surface area contributed by atoms with Gasteiger partial charge in [0.25, 0.3) is 0 Å². The van der Waals surface area contributed by atoms with Crippen molar-refractivity contribution in [3.05, 3.63) is 70.8 Å². The standard InChI is InChI=1S/2C10H14.C2H6.2CH4/c2*1-8(2)10-7-5-4-6-9(10)3;1-2;;/h2*4-8H,1-3H3;1-2H3;2*1H4. The lowest BCUT2D eigenvalue weighted by Gasteiger charge is -2.07. The van der Waals surface area contributed by atoms with Crippen molar-refractivity contribution in [2.75, 3.05) is 0 Å². The van der Waals surface area contributed by atoms with Gasteiger partial charge in [-0.1, -0.05) is 105 Å². The topological polar surface area (TPSA) is 0 Å². The average molecular weight is 331 g/mol. The third-order valence-electron chi connectivity index (χ3n) is 3.62. The smallest absolute Gasteiger partial charge is 0.0216 e. The summed E-state index contributed by atoms with van der Waals surface area (Å²) in [5.74, 6) is 1.31. The Balaban J connectivity index is -0.000000310. The molecule has 0 aliphatic rings. The zero-order valence-corrected chi connectivity index (χ0v) is 15.8. The summed E-state index contributed by atoms with van der Waals surface area (Å²) in [6.07, 6.45) is 0. The minimum atomic E-state index is 0. The summed E-state index contributed by atoms with van der Waals surface area (Å²) in [4.78, 5) is 0. The third kappa shape index (κ3) is 9.55. The highest BCUT2D eigenvalue weighted by molar-refractivity contribution is 5.28. The van der Waals surface area contributed by atoms with Crippen molar-refractivity contribution in [2.45, 2.75) is 82.1 Å². The summed E-state index contributed by atoms with van der Waals surface area (Å²) >= 11 is 0. The van der Waals surface area contributed by atoms with Crippen LogP contribution in [0.1, 0.15) is 90.5 Å². The molecule has 0 nitrogen and oxygen atoms in total. The molecule has 0 N–H and O–H groups in total. The Morgan fingerprint density at radius 3 is 0.958 bits per heavy atom. The van der Waals surface area contributed by atoms with Crippen LogP contribution in [-0.2, 0) is 0 Å². The van der Waals surface area contributed by atoms with Crippen molar-refractivity contribution in [3.63, 3.8) is 0 Å². The molecule has 0 fully saturated rings. The molecule has 0 heteroatoms. The Labute approximate surface area is 153 Å². The van der Waals surface area contributed by atoms with Crippen LogP contribution in [0.3, 0.4) is 0 Å². The first-order chi connectivity index (χ1) is 10.4. The first kappa shape index (κ1) is 27.3. The highest BCUT2D eigenvalue weighted by Crippen LogP contribution is 2.18. The summed E-state index contributed by atoms with van der Waals surface area (Å²) in [6, 6.07) is 17.1. The van der Waals surface area contributed by atoms with E-state index in [0.717, 1.165) is 0 Å². The number of hydrogen-bond acceptors (Lipinski definition) is 0. The fourth-order valence-corrected chi connectivity index (χ4v) is 2.47. The van der Waals surface area contributed by atoms with E-state index in [4.69, 9.17) is 0 Å². The first-order valence-electron chi connectivity index (χ1n) is 8.54. The van der Waals surface area contributed by atoms with Crippen LogP contribution in [0.4, 0.5) is 0 Å². The van der Waals surface area contributed by atoms with Gasteiger partial charge in [-0.15, -0.1) is 0 Å². The van der Waals surface area contributed by atoms with E-state index in [1.807, 2.05) is 13.8 Å². The van der Waals surface area contributed by atoms with Gasteiger partial charge in [0.15, 0.2) is 0 Å². The predicted molar refractivity (Wildman–Crippen MR) is 115 cm³/mol. The molecule has 0 heterocycles. The van der Waals surface area contributed by atoms with Crippen molar-refractivity contribution < 1.29 is 0 Å². The Kier molecular flexibility index (Phi) is 17.1. The molecule has 0 amide bonds. The normalized spacial score (nSPS) is 8.92. The van der Waals surface area contributed by atoms with Crippen LogP contribution in [0.2, 0.25) is 0 Å². The molecule has 2 aromatic carbocycles. The number of aryl methyl sites for hydroxylation is 2. The van der Waals surface area contributed by atoms with Crippen molar-refractivity contribution in [1.29, 1.82) is 0 Å². The lowest BCUT2D eigenvalue weighted by atomic mass is 9.99. The highest BCUT2D eigenvalue weighted by atomic mass is 14.1. The zero-order chi connectivity index (χ0) is 17.1. The van der Waals surface area contributed by atoms with Crippen molar-refractivity contribution in [1.82, 2.24) is 0 Å². The molecular weight excluding hydrogens is 288 g/mol. The van der Waals surface area contributed by atoms with E-state index >= 15 is 0 Å². The Morgan fingerprint density at radius 1 is 0.542 bits per heavy atom. The largest absolute Gasteiger partial charge is 0.0776 e.